The van der Waals surface area contributed by atoms with Crippen LogP contribution >= 0.6 is 0 Å². The minimum absolute atomic E-state index is 0.165. The van der Waals surface area contributed by atoms with Crippen LogP contribution in [0.2, 0.25) is 0 Å². The van der Waals surface area contributed by atoms with Gasteiger partial charge in [0.2, 0.25) is 0 Å². The molecule has 2 heterocycles. The van der Waals surface area contributed by atoms with Crippen LogP contribution in [-0.4, -0.2) is 28.2 Å². The van der Waals surface area contributed by atoms with Gasteiger partial charge < -0.3 is 10.1 Å². The van der Waals surface area contributed by atoms with Crippen molar-refractivity contribution in [3.8, 4) is 0 Å². The van der Waals surface area contributed by atoms with Crippen LogP contribution in [0.1, 0.15) is 38.5 Å². The Morgan fingerprint density at radius 3 is 2.88 bits per heavy atom. The van der Waals surface area contributed by atoms with Crippen molar-refractivity contribution in [2.75, 3.05) is 11.9 Å². The molecule has 1 saturated carbocycles. The molecule has 17 heavy (non-hydrogen) atoms. The van der Waals surface area contributed by atoms with Gasteiger partial charge in [-0.25, -0.2) is 4.98 Å². The van der Waals surface area contributed by atoms with Gasteiger partial charge >= 0.3 is 0 Å². The van der Waals surface area contributed by atoms with E-state index in [-0.39, 0.29) is 5.60 Å². The summed E-state index contributed by atoms with van der Waals surface area (Å²) in [5, 5.41) is 3.41. The number of anilines is 1. The molecule has 1 atom stereocenters. The molecule has 0 aromatic carbocycles. The Bertz CT molecular complexity index is 362. The van der Waals surface area contributed by atoms with Gasteiger partial charge in [-0.15, -0.1) is 0 Å². The Labute approximate surface area is 102 Å². The van der Waals surface area contributed by atoms with Crippen LogP contribution < -0.4 is 5.32 Å². The molecule has 92 valence electrons. The number of nitrogens with one attached hydrogen (secondary N) is 1. The summed E-state index contributed by atoms with van der Waals surface area (Å²) < 4.78 is 6.06. The first-order valence-electron chi connectivity index (χ1n) is 6.53. The fraction of sp³-hybridized carbons (Fsp3) is 0.692. The molecule has 0 amide bonds. The Morgan fingerprint density at radius 2 is 2.12 bits per heavy atom. The normalized spacial score (nSPS) is 27.2. The Hall–Kier alpha value is -1.16. The number of hydrogen-bond acceptors (Lipinski definition) is 4. The zero-order valence-corrected chi connectivity index (χ0v) is 10.1. The lowest BCUT2D eigenvalue weighted by Crippen LogP contribution is -2.31. The second kappa shape index (κ2) is 4.61. The zero-order valence-electron chi connectivity index (χ0n) is 10.1. The second-order valence-corrected chi connectivity index (χ2v) is 5.19. The third kappa shape index (κ3) is 2.41. The van der Waals surface area contributed by atoms with Gasteiger partial charge in [0.25, 0.3) is 0 Å². The van der Waals surface area contributed by atoms with Crippen molar-refractivity contribution < 1.29 is 4.74 Å². The lowest BCUT2D eigenvalue weighted by Gasteiger charge is -2.32. The number of rotatable bonds is 2. The summed E-state index contributed by atoms with van der Waals surface area (Å²) in [5.74, 6) is 0.856. The average Bonchev–Trinajstić information content (AvgIpc) is 2.74. The second-order valence-electron chi connectivity index (χ2n) is 5.19. The lowest BCUT2D eigenvalue weighted by atomic mass is 9.82. The molecule has 4 heteroatoms. The van der Waals surface area contributed by atoms with Gasteiger partial charge in [0.15, 0.2) is 0 Å². The highest BCUT2D eigenvalue weighted by molar-refractivity contribution is 5.32. The van der Waals surface area contributed by atoms with Crippen LogP contribution in [-0.2, 0) is 4.74 Å². The molecule has 4 nitrogen and oxygen atoms in total. The molecule has 1 aliphatic carbocycles. The Balaban J connectivity index is 1.60. The van der Waals surface area contributed by atoms with Crippen LogP contribution in [0.15, 0.2) is 18.6 Å². The Morgan fingerprint density at radius 1 is 1.24 bits per heavy atom. The highest BCUT2D eigenvalue weighted by atomic mass is 16.5. The summed E-state index contributed by atoms with van der Waals surface area (Å²) in [6, 6.07) is 0.393. The third-order valence-corrected chi connectivity index (χ3v) is 3.89. The van der Waals surface area contributed by atoms with Crippen LogP contribution in [0.25, 0.3) is 0 Å². The average molecular weight is 233 g/mol. The van der Waals surface area contributed by atoms with Crippen LogP contribution in [0.4, 0.5) is 5.82 Å². The van der Waals surface area contributed by atoms with Gasteiger partial charge in [0, 0.05) is 12.4 Å². The van der Waals surface area contributed by atoms with Crippen LogP contribution in [0.3, 0.4) is 0 Å². The maximum atomic E-state index is 6.06. The van der Waals surface area contributed by atoms with E-state index < -0.39 is 0 Å². The molecule has 1 spiro atoms. The third-order valence-electron chi connectivity index (χ3n) is 3.89. The van der Waals surface area contributed by atoms with E-state index in [9.17, 15) is 0 Å². The monoisotopic (exact) mass is 233 g/mol. The van der Waals surface area contributed by atoms with E-state index >= 15 is 0 Å². The zero-order chi connectivity index (χ0) is 11.6. The minimum Gasteiger partial charge on any atom is -0.373 e. The smallest absolute Gasteiger partial charge is 0.144 e. The summed E-state index contributed by atoms with van der Waals surface area (Å²) in [4.78, 5) is 8.31. The predicted molar refractivity (Wildman–Crippen MR) is 65.8 cm³/mol. The van der Waals surface area contributed by atoms with Crippen molar-refractivity contribution in [3.05, 3.63) is 18.6 Å². The van der Waals surface area contributed by atoms with Crippen molar-refractivity contribution in [2.24, 2.45) is 0 Å². The molecular formula is C13H19N3O. The standard InChI is InChI=1S/C13H19N3O/c1-2-4-13(5-3-1)8-11(10-17-13)16-12-9-14-6-7-15-12/h6-7,9,11H,1-5,8,10H2,(H,15,16)/t11-/m0/s1. The van der Waals surface area contributed by atoms with E-state index in [4.69, 9.17) is 4.74 Å². The summed E-state index contributed by atoms with van der Waals surface area (Å²) in [6.07, 6.45) is 12.8. The highest BCUT2D eigenvalue weighted by Crippen LogP contribution is 2.39. The summed E-state index contributed by atoms with van der Waals surface area (Å²) in [5.41, 5.74) is 0.165. The Kier molecular flexibility index (Phi) is 2.97. The van der Waals surface area contributed by atoms with Gasteiger partial charge in [0.1, 0.15) is 5.82 Å². The van der Waals surface area contributed by atoms with Gasteiger partial charge in [-0.1, -0.05) is 19.3 Å². The lowest BCUT2D eigenvalue weighted by molar-refractivity contribution is -0.0244. The van der Waals surface area contributed by atoms with Crippen molar-refractivity contribution >= 4 is 5.82 Å². The topological polar surface area (TPSA) is 47.0 Å². The van der Waals surface area contributed by atoms with Crippen molar-refractivity contribution in [2.45, 2.75) is 50.2 Å². The molecule has 0 radical (unpaired) electrons. The minimum atomic E-state index is 0.165. The molecule has 1 aromatic rings. The molecule has 2 fully saturated rings. The van der Waals surface area contributed by atoms with E-state index in [2.05, 4.69) is 15.3 Å². The number of aromatic nitrogens is 2. The quantitative estimate of drug-likeness (QED) is 0.852. The molecule has 2 aliphatic rings. The number of nitrogens with zero attached hydrogens (tertiary/aromatic N) is 2. The fourth-order valence-corrected chi connectivity index (χ4v) is 3.06. The van der Waals surface area contributed by atoms with E-state index in [0.29, 0.717) is 6.04 Å². The maximum Gasteiger partial charge on any atom is 0.144 e. The van der Waals surface area contributed by atoms with E-state index in [1.54, 1.807) is 18.6 Å². The highest BCUT2D eigenvalue weighted by Gasteiger charge is 2.41. The van der Waals surface area contributed by atoms with Gasteiger partial charge in [0.05, 0.1) is 24.4 Å². The molecule has 1 saturated heterocycles. The van der Waals surface area contributed by atoms with Gasteiger partial charge in [-0.05, 0) is 19.3 Å². The molecule has 1 N–H and O–H groups in total. The van der Waals surface area contributed by atoms with E-state index in [1.165, 1.54) is 32.1 Å². The first kappa shape index (κ1) is 11.0. The molecule has 0 bridgehead atoms. The van der Waals surface area contributed by atoms with Crippen molar-refractivity contribution in [1.29, 1.82) is 0 Å². The van der Waals surface area contributed by atoms with Gasteiger partial charge in [-0.3, -0.25) is 4.98 Å². The number of hydrogen-bond donors (Lipinski definition) is 1. The molecule has 0 unspecified atom stereocenters. The predicted octanol–water partition coefficient (Wildman–Crippen LogP) is 2.38. The first-order valence-corrected chi connectivity index (χ1v) is 6.53. The first-order chi connectivity index (χ1) is 8.36. The molecule has 3 rings (SSSR count). The van der Waals surface area contributed by atoms with E-state index in [1.807, 2.05) is 0 Å². The summed E-state index contributed by atoms with van der Waals surface area (Å²) >= 11 is 0. The maximum absolute atomic E-state index is 6.06. The summed E-state index contributed by atoms with van der Waals surface area (Å²) in [7, 11) is 0. The number of ether oxygens (including phenoxy) is 1. The molecule has 1 aliphatic heterocycles. The fourth-order valence-electron chi connectivity index (χ4n) is 3.06. The molecule has 1 aromatic heterocycles. The van der Waals surface area contributed by atoms with Gasteiger partial charge in [-0.2, -0.15) is 0 Å². The van der Waals surface area contributed by atoms with E-state index in [0.717, 1.165) is 18.8 Å². The van der Waals surface area contributed by atoms with Crippen molar-refractivity contribution in [1.82, 2.24) is 9.97 Å². The van der Waals surface area contributed by atoms with Crippen LogP contribution in [0, 0.1) is 0 Å². The largest absolute Gasteiger partial charge is 0.373 e. The molecular weight excluding hydrogens is 214 g/mol. The van der Waals surface area contributed by atoms with Crippen LogP contribution in [0.5, 0.6) is 0 Å². The summed E-state index contributed by atoms with van der Waals surface area (Å²) in [6.45, 7) is 0.802. The van der Waals surface area contributed by atoms with Crippen molar-refractivity contribution in [3.63, 3.8) is 0 Å². The SMILES string of the molecule is c1cnc(N[C@@H]2COC3(CCCCC3)C2)cn1.